The van der Waals surface area contributed by atoms with Crippen LogP contribution in [0.25, 0.3) is 11.3 Å². The van der Waals surface area contributed by atoms with Crippen molar-refractivity contribution in [3.8, 4) is 17.3 Å². The number of thioether (sulfide) groups is 1. The fraction of sp³-hybridized carbons (Fsp3) is 0.353. The summed E-state index contributed by atoms with van der Waals surface area (Å²) in [6.07, 6.45) is 6.72. The van der Waals surface area contributed by atoms with Gasteiger partial charge in [-0.1, -0.05) is 54.9 Å². The highest BCUT2D eigenvalue weighted by Crippen LogP contribution is 2.30. The van der Waals surface area contributed by atoms with E-state index in [0.29, 0.717) is 28.3 Å². The molecule has 0 aliphatic heterocycles. The second-order valence-corrected chi connectivity index (χ2v) is 6.16. The normalized spacial score (nSPS) is 14.7. The third kappa shape index (κ3) is 3.07. The maximum Gasteiger partial charge on any atom is 0.189 e. The molecule has 0 spiro atoms. The van der Waals surface area contributed by atoms with Gasteiger partial charge in [0.25, 0.3) is 0 Å². The van der Waals surface area contributed by atoms with Gasteiger partial charge in [0.15, 0.2) is 5.16 Å². The third-order valence-electron chi connectivity index (χ3n) is 3.93. The molecule has 1 heterocycles. The van der Waals surface area contributed by atoms with Crippen LogP contribution in [0.1, 0.15) is 31.2 Å². The average Bonchev–Trinajstić information content (AvgIpc) is 3.08. The van der Waals surface area contributed by atoms with Crippen LogP contribution in [0.3, 0.4) is 0 Å². The Labute approximate surface area is 135 Å². The van der Waals surface area contributed by atoms with Gasteiger partial charge in [0.1, 0.15) is 17.5 Å². The van der Waals surface area contributed by atoms with E-state index < -0.39 is 0 Å². The first-order valence-corrected chi connectivity index (χ1v) is 8.72. The van der Waals surface area contributed by atoms with Crippen LogP contribution in [0.15, 0.2) is 35.5 Å². The van der Waals surface area contributed by atoms with Crippen molar-refractivity contribution in [3.05, 3.63) is 35.9 Å². The van der Waals surface area contributed by atoms with Gasteiger partial charge < -0.3 is 5.32 Å². The van der Waals surface area contributed by atoms with Gasteiger partial charge in [-0.2, -0.15) is 5.26 Å². The fourth-order valence-corrected chi connectivity index (χ4v) is 3.18. The van der Waals surface area contributed by atoms with Crippen molar-refractivity contribution in [1.29, 1.82) is 5.26 Å². The Morgan fingerprint density at radius 1 is 1.18 bits per heavy atom. The van der Waals surface area contributed by atoms with Crippen LogP contribution < -0.4 is 5.32 Å². The number of hydrogen-bond donors (Lipinski definition) is 1. The van der Waals surface area contributed by atoms with Crippen LogP contribution in [-0.4, -0.2) is 22.3 Å². The molecule has 4 nitrogen and oxygen atoms in total. The molecule has 0 atom stereocenters. The number of aromatic nitrogens is 2. The molecule has 0 radical (unpaired) electrons. The van der Waals surface area contributed by atoms with Crippen LogP contribution in [0.4, 0.5) is 5.82 Å². The van der Waals surface area contributed by atoms with Crippen molar-refractivity contribution >= 4 is 17.6 Å². The van der Waals surface area contributed by atoms with Gasteiger partial charge in [-0.15, -0.1) is 0 Å². The first-order valence-electron chi connectivity index (χ1n) is 7.50. The first-order chi connectivity index (χ1) is 10.8. The van der Waals surface area contributed by atoms with Crippen LogP contribution in [0, 0.1) is 11.3 Å². The first kappa shape index (κ1) is 14.9. The van der Waals surface area contributed by atoms with E-state index in [1.807, 2.05) is 36.6 Å². The molecule has 5 heteroatoms. The molecule has 1 saturated carbocycles. The van der Waals surface area contributed by atoms with E-state index in [2.05, 4.69) is 21.4 Å². The van der Waals surface area contributed by atoms with Gasteiger partial charge in [0, 0.05) is 11.6 Å². The standard InChI is InChI=1S/C17H18N4S/c1-22-17-20-15(12-7-3-2-4-8-12)14(11-18)16(21-17)19-13-9-5-6-10-13/h2-4,7-8,13H,5-6,9-10H2,1H3,(H,19,20,21). The lowest BCUT2D eigenvalue weighted by Gasteiger charge is -2.16. The number of hydrogen-bond acceptors (Lipinski definition) is 5. The van der Waals surface area contributed by atoms with Gasteiger partial charge in [-0.3, -0.25) is 0 Å². The minimum absolute atomic E-state index is 0.417. The zero-order valence-corrected chi connectivity index (χ0v) is 13.4. The Kier molecular flexibility index (Phi) is 4.59. The average molecular weight is 310 g/mol. The Morgan fingerprint density at radius 3 is 2.55 bits per heavy atom. The molecule has 1 aromatic heterocycles. The van der Waals surface area contributed by atoms with E-state index in [1.54, 1.807) is 0 Å². The van der Waals surface area contributed by atoms with E-state index >= 15 is 0 Å². The molecule has 0 saturated heterocycles. The summed E-state index contributed by atoms with van der Waals surface area (Å²) in [6.45, 7) is 0. The molecule has 1 aliphatic rings. The molecule has 1 aromatic carbocycles. The lowest BCUT2D eigenvalue weighted by atomic mass is 10.1. The molecule has 22 heavy (non-hydrogen) atoms. The monoisotopic (exact) mass is 310 g/mol. The van der Waals surface area contributed by atoms with E-state index in [0.717, 1.165) is 18.4 Å². The number of rotatable bonds is 4. The second-order valence-electron chi connectivity index (χ2n) is 5.39. The number of nitriles is 1. The highest BCUT2D eigenvalue weighted by atomic mass is 32.2. The molecular weight excluding hydrogens is 292 g/mol. The lowest BCUT2D eigenvalue weighted by Crippen LogP contribution is -2.17. The topological polar surface area (TPSA) is 61.6 Å². The summed E-state index contributed by atoms with van der Waals surface area (Å²) in [5, 5.41) is 13.8. The van der Waals surface area contributed by atoms with Crippen LogP contribution in [0.2, 0.25) is 0 Å². The summed E-state index contributed by atoms with van der Waals surface area (Å²) >= 11 is 1.50. The van der Waals surface area contributed by atoms with Crippen molar-refractivity contribution in [2.75, 3.05) is 11.6 Å². The van der Waals surface area contributed by atoms with E-state index in [-0.39, 0.29) is 0 Å². The Balaban J connectivity index is 2.06. The number of anilines is 1. The Morgan fingerprint density at radius 2 is 1.91 bits per heavy atom. The second kappa shape index (κ2) is 6.80. The summed E-state index contributed by atoms with van der Waals surface area (Å²) in [4.78, 5) is 9.09. The van der Waals surface area contributed by atoms with Crippen LogP contribution in [-0.2, 0) is 0 Å². The predicted molar refractivity (Wildman–Crippen MR) is 89.8 cm³/mol. The summed E-state index contributed by atoms with van der Waals surface area (Å²) in [5.74, 6) is 0.674. The third-order valence-corrected chi connectivity index (χ3v) is 4.47. The maximum absolute atomic E-state index is 9.62. The summed E-state index contributed by atoms with van der Waals surface area (Å²) in [7, 11) is 0. The van der Waals surface area contributed by atoms with Gasteiger partial charge >= 0.3 is 0 Å². The van der Waals surface area contributed by atoms with E-state index in [4.69, 9.17) is 0 Å². The van der Waals surface area contributed by atoms with Crippen molar-refractivity contribution in [2.45, 2.75) is 36.9 Å². The molecule has 0 bridgehead atoms. The molecule has 1 fully saturated rings. The largest absolute Gasteiger partial charge is 0.366 e. The highest BCUT2D eigenvalue weighted by molar-refractivity contribution is 7.98. The maximum atomic E-state index is 9.62. The van der Waals surface area contributed by atoms with Crippen molar-refractivity contribution in [3.63, 3.8) is 0 Å². The Hall–Kier alpha value is -2.06. The smallest absolute Gasteiger partial charge is 0.189 e. The molecule has 1 aliphatic carbocycles. The fourth-order valence-electron chi connectivity index (χ4n) is 2.81. The zero-order chi connectivity index (χ0) is 15.4. The number of benzene rings is 1. The van der Waals surface area contributed by atoms with Crippen LogP contribution in [0.5, 0.6) is 0 Å². The zero-order valence-electron chi connectivity index (χ0n) is 12.5. The quantitative estimate of drug-likeness (QED) is 0.680. The van der Waals surface area contributed by atoms with E-state index in [1.165, 1.54) is 24.6 Å². The number of nitrogens with zero attached hydrogens (tertiary/aromatic N) is 3. The minimum atomic E-state index is 0.417. The highest BCUT2D eigenvalue weighted by Gasteiger charge is 2.20. The Bertz CT molecular complexity index is 688. The summed E-state index contributed by atoms with van der Waals surface area (Å²) < 4.78 is 0. The van der Waals surface area contributed by atoms with Crippen LogP contribution >= 0.6 is 11.8 Å². The lowest BCUT2D eigenvalue weighted by molar-refractivity contribution is 0.745. The molecule has 0 amide bonds. The van der Waals surface area contributed by atoms with Gasteiger partial charge in [0.2, 0.25) is 0 Å². The summed E-state index contributed by atoms with van der Waals surface area (Å²) in [5.41, 5.74) is 2.20. The summed E-state index contributed by atoms with van der Waals surface area (Å²) in [6, 6.07) is 12.5. The van der Waals surface area contributed by atoms with Crippen molar-refractivity contribution in [2.24, 2.45) is 0 Å². The molecular formula is C17H18N4S. The molecule has 0 unspecified atom stereocenters. The minimum Gasteiger partial charge on any atom is -0.366 e. The number of nitrogens with one attached hydrogen (secondary N) is 1. The van der Waals surface area contributed by atoms with Gasteiger partial charge in [-0.25, -0.2) is 9.97 Å². The predicted octanol–water partition coefficient (Wildman–Crippen LogP) is 4.09. The molecule has 3 rings (SSSR count). The van der Waals surface area contributed by atoms with Crippen molar-refractivity contribution in [1.82, 2.24) is 9.97 Å². The van der Waals surface area contributed by atoms with Crippen molar-refractivity contribution < 1.29 is 0 Å². The molecule has 2 aromatic rings. The van der Waals surface area contributed by atoms with Gasteiger partial charge in [0.05, 0.1) is 5.69 Å². The van der Waals surface area contributed by atoms with E-state index in [9.17, 15) is 5.26 Å². The molecule has 112 valence electrons. The molecule has 1 N–H and O–H groups in total. The van der Waals surface area contributed by atoms with Gasteiger partial charge in [-0.05, 0) is 19.1 Å². The SMILES string of the molecule is CSc1nc(NC2CCCC2)c(C#N)c(-c2ccccc2)n1.